The van der Waals surface area contributed by atoms with E-state index in [2.05, 4.69) is 4.98 Å². The first-order chi connectivity index (χ1) is 33.4. The molecule has 0 aliphatic heterocycles. The molecule has 1 aromatic heterocycles. The normalized spacial score (nSPS) is 11.3. The second-order valence-corrected chi connectivity index (χ2v) is 14.2. The number of nitrogens with zero attached hydrogens (tertiary/aromatic N) is 3. The summed E-state index contributed by atoms with van der Waals surface area (Å²) in [5, 5.41) is 8.80. The zero-order valence-corrected chi connectivity index (χ0v) is 33.8. The summed E-state index contributed by atoms with van der Waals surface area (Å²) in [6, 6.07) is 17.0. The summed E-state index contributed by atoms with van der Waals surface area (Å²) in [6.45, 7) is -0.00959. The Morgan fingerprint density at radius 2 is 0.803 bits per heavy atom. The molecule has 0 fully saturated rings. The van der Waals surface area contributed by atoms with Crippen molar-refractivity contribution in [1.82, 2.24) is 4.98 Å². The molecule has 0 radical (unpaired) electrons. The van der Waals surface area contributed by atoms with Gasteiger partial charge in [-0.3, -0.25) is 9.78 Å². The average molecular weight is 1020 g/mol. The Balaban J connectivity index is 0.000000268. The first-order valence-electron chi connectivity index (χ1n) is 18.7. The minimum absolute atomic E-state index is 0.00959. The standard InChI is InChI=1S/C24BF20.C20H14N3O3/c26-5-1(6(27)14(35)21(42)13(5)34)25(2-7(28)15(36)22(43)16(37)8(2)29,3-9(30)17(38)23(44)18(39)10(3)31)4-11(32)19(40)24(45)20(41)12(4)33;21-12-15-6-8-17(9-7-15)26-20(25)18-13-22-10-11-23(18)14-19(24)16-4-2-1-3-5-16/h;1-11,13H,14H2/q-1;+1. The number of ketones is 1. The van der Waals surface area contributed by atoms with E-state index in [1.165, 1.54) is 29.1 Å². The van der Waals surface area contributed by atoms with Gasteiger partial charge >= 0.3 is 11.7 Å². The van der Waals surface area contributed by atoms with Crippen LogP contribution in [0.25, 0.3) is 0 Å². The third-order valence-electron chi connectivity index (χ3n) is 10.4. The molecule has 0 atom stereocenters. The lowest BCUT2D eigenvalue weighted by Crippen LogP contribution is -2.81. The fourth-order valence-corrected chi connectivity index (χ4v) is 7.20. The fourth-order valence-electron chi connectivity index (χ4n) is 7.20. The molecule has 0 unspecified atom stereocenters. The van der Waals surface area contributed by atoms with Gasteiger partial charge in [0.25, 0.3) is 0 Å². The van der Waals surface area contributed by atoms with Crippen molar-refractivity contribution in [3.05, 3.63) is 206 Å². The molecule has 27 heteroatoms. The molecule has 71 heavy (non-hydrogen) atoms. The van der Waals surface area contributed by atoms with Crippen molar-refractivity contribution in [1.29, 1.82) is 5.26 Å². The van der Waals surface area contributed by atoms with Gasteiger partial charge in [-0.2, -0.15) is 9.83 Å². The SMILES string of the molecule is Fc1c(F)c(F)c([B-](c2c(F)c(F)c(F)c(F)c2F)(c2c(F)c(F)c(F)c(F)c2F)c2c(F)c(F)c(F)c(F)c2F)c(F)c1F.N#Cc1ccc(OC(=O)c2cncc[n+]2CC(=O)c2ccccc2)cc1. The highest BCUT2D eigenvalue weighted by molar-refractivity contribution is 7.20. The number of nitriles is 1. The number of Topliss-reactive ketones (excluding diaryl/α,β-unsaturated/α-hetero) is 1. The van der Waals surface area contributed by atoms with Gasteiger partial charge in [0.2, 0.25) is 12.3 Å². The third-order valence-corrected chi connectivity index (χ3v) is 10.4. The van der Waals surface area contributed by atoms with Gasteiger partial charge in [-0.25, -0.2) is 92.6 Å². The van der Waals surface area contributed by atoms with E-state index < -0.39 is 150 Å². The van der Waals surface area contributed by atoms with Gasteiger partial charge < -0.3 is 4.74 Å². The highest BCUT2D eigenvalue weighted by Gasteiger charge is 2.52. The number of benzene rings is 6. The second kappa shape index (κ2) is 20.0. The Morgan fingerprint density at radius 1 is 0.479 bits per heavy atom. The largest absolute Gasteiger partial charge is 0.419 e. The zero-order valence-electron chi connectivity index (χ0n) is 33.8. The molecule has 1 heterocycles. The van der Waals surface area contributed by atoms with Gasteiger partial charge in [-0.1, -0.05) is 30.3 Å². The van der Waals surface area contributed by atoms with E-state index in [0.717, 1.165) is 0 Å². The van der Waals surface area contributed by atoms with E-state index in [1.807, 2.05) is 12.1 Å². The van der Waals surface area contributed by atoms with E-state index in [0.29, 0.717) is 16.9 Å². The van der Waals surface area contributed by atoms with E-state index in [9.17, 15) is 62.3 Å². The summed E-state index contributed by atoms with van der Waals surface area (Å²) in [6.07, 6.45) is -2.82. The molecular weight excluding hydrogens is 1010 g/mol. The third kappa shape index (κ3) is 8.73. The van der Waals surface area contributed by atoms with Crippen LogP contribution in [0.3, 0.4) is 0 Å². The quantitative estimate of drug-likeness (QED) is 0.0213. The number of carbonyl (C=O) groups excluding carboxylic acids is 2. The van der Waals surface area contributed by atoms with Gasteiger partial charge in [0.15, 0.2) is 76.0 Å². The Labute approximate surface area is 381 Å². The topological polar surface area (TPSA) is 83.9 Å². The molecule has 0 saturated carbocycles. The van der Waals surface area contributed by atoms with Crippen LogP contribution < -0.4 is 31.2 Å². The maximum absolute atomic E-state index is 15.4. The average Bonchev–Trinajstić information content (AvgIpc) is 3.37. The van der Waals surface area contributed by atoms with Crippen molar-refractivity contribution >= 4 is 39.7 Å². The minimum atomic E-state index is -7.22. The lowest BCUT2D eigenvalue weighted by Gasteiger charge is -2.44. The molecule has 0 aliphatic carbocycles. The van der Waals surface area contributed by atoms with E-state index in [4.69, 9.17) is 10.00 Å². The Bertz CT molecular complexity index is 2990. The molecule has 7 aromatic rings. The molecule has 366 valence electrons. The Kier molecular flexibility index (Phi) is 14.6. The molecule has 6 aromatic carbocycles. The number of ether oxygens (including phenoxy) is 1. The summed E-state index contributed by atoms with van der Waals surface area (Å²) >= 11 is 0. The first kappa shape index (κ1) is 52.1. The van der Waals surface area contributed by atoms with E-state index in [1.54, 1.807) is 42.6 Å². The highest BCUT2D eigenvalue weighted by Crippen LogP contribution is 2.31. The van der Waals surface area contributed by atoms with Gasteiger partial charge in [0.1, 0.15) is 64.6 Å². The predicted molar refractivity (Wildman–Crippen MR) is 201 cm³/mol. The number of carbonyl (C=O) groups is 2. The number of hydrogen-bond acceptors (Lipinski definition) is 5. The second-order valence-electron chi connectivity index (χ2n) is 14.2. The van der Waals surface area contributed by atoms with Crippen LogP contribution in [0.5, 0.6) is 5.75 Å². The van der Waals surface area contributed by atoms with Gasteiger partial charge in [-0.05, 0) is 24.3 Å². The molecule has 0 bridgehead atoms. The van der Waals surface area contributed by atoms with Gasteiger partial charge in [-0.15, -0.1) is 21.9 Å². The van der Waals surface area contributed by atoms with Crippen molar-refractivity contribution in [2.75, 3.05) is 0 Å². The zero-order chi connectivity index (χ0) is 52.7. The summed E-state index contributed by atoms with van der Waals surface area (Å²) in [5.41, 5.74) is -13.1. The van der Waals surface area contributed by atoms with Crippen LogP contribution in [0.1, 0.15) is 26.4 Å². The van der Waals surface area contributed by atoms with Crippen LogP contribution in [-0.4, -0.2) is 22.9 Å². The number of esters is 1. The van der Waals surface area contributed by atoms with Crippen molar-refractivity contribution < 1.29 is 107 Å². The number of hydrogen-bond donors (Lipinski definition) is 0. The summed E-state index contributed by atoms with van der Waals surface area (Å²) in [7, 11) is 0. The molecule has 6 nitrogen and oxygen atoms in total. The molecule has 0 aliphatic rings. The van der Waals surface area contributed by atoms with Crippen LogP contribution in [-0.2, 0) is 6.54 Å². The van der Waals surface area contributed by atoms with Crippen molar-refractivity contribution in [3.63, 3.8) is 0 Å². The fraction of sp³-hybridized carbons (Fsp3) is 0.0227. The maximum atomic E-state index is 15.4. The number of rotatable bonds is 9. The molecule has 0 amide bonds. The highest BCUT2D eigenvalue weighted by atomic mass is 19.2. The van der Waals surface area contributed by atoms with Gasteiger partial charge in [0.05, 0.1) is 17.8 Å². The summed E-state index contributed by atoms with van der Waals surface area (Å²) in [4.78, 5) is 28.8. The Morgan fingerprint density at radius 3 is 1.13 bits per heavy atom. The Hall–Kier alpha value is -8.31. The van der Waals surface area contributed by atoms with Gasteiger partial charge in [0, 0.05) is 5.56 Å². The molecule has 0 saturated heterocycles. The van der Waals surface area contributed by atoms with Crippen LogP contribution in [0.4, 0.5) is 87.8 Å². The lowest BCUT2D eigenvalue weighted by molar-refractivity contribution is -0.686. The summed E-state index contributed by atoms with van der Waals surface area (Å²) in [5.74, 6) is -71.9. The van der Waals surface area contributed by atoms with Crippen molar-refractivity contribution in [3.8, 4) is 11.8 Å². The minimum Gasteiger partial charge on any atom is -0.419 e. The van der Waals surface area contributed by atoms with Crippen molar-refractivity contribution in [2.24, 2.45) is 0 Å². The molecular formula is C44H14BF20N3O3. The van der Waals surface area contributed by atoms with Crippen LogP contribution >= 0.6 is 0 Å². The summed E-state index contributed by atoms with van der Waals surface area (Å²) < 4.78 is 301. The lowest BCUT2D eigenvalue weighted by atomic mass is 9.12. The molecule has 0 spiro atoms. The van der Waals surface area contributed by atoms with E-state index in [-0.39, 0.29) is 18.0 Å². The van der Waals surface area contributed by atoms with E-state index >= 15 is 35.1 Å². The molecule has 7 rings (SSSR count). The number of aromatic nitrogens is 2. The molecule has 0 N–H and O–H groups in total. The van der Waals surface area contributed by atoms with Crippen LogP contribution in [0.15, 0.2) is 73.2 Å². The predicted octanol–water partition coefficient (Wildman–Crippen LogP) is 8.19. The smallest absolute Gasteiger partial charge is 0.410 e. The van der Waals surface area contributed by atoms with Crippen LogP contribution in [0, 0.1) is 128 Å². The van der Waals surface area contributed by atoms with Crippen LogP contribution in [0.2, 0.25) is 0 Å². The number of halogens is 20. The monoisotopic (exact) mass is 1020 g/mol. The maximum Gasteiger partial charge on any atom is 0.410 e. The van der Waals surface area contributed by atoms with Crippen molar-refractivity contribution in [2.45, 2.75) is 6.54 Å². The first-order valence-corrected chi connectivity index (χ1v) is 18.7.